The van der Waals surface area contributed by atoms with Crippen LogP contribution in [0.25, 0.3) is 0 Å². The Morgan fingerprint density at radius 3 is 2.60 bits per heavy atom. The van der Waals surface area contributed by atoms with E-state index in [1.54, 1.807) is 6.92 Å². The summed E-state index contributed by atoms with van der Waals surface area (Å²) in [5, 5.41) is 14.6. The molecule has 3 rings (SSSR count). The number of halogens is 3. The SMILES string of the molecule is CC(NC(=O)c1ccncn1)c1ncc(C(=O)Nc2cc(C(F)(F)F)c(O)cn2)s1. The van der Waals surface area contributed by atoms with Gasteiger partial charge in [0, 0.05) is 6.20 Å². The smallest absolute Gasteiger partial charge is 0.420 e. The van der Waals surface area contributed by atoms with Gasteiger partial charge in [-0.25, -0.2) is 19.9 Å². The number of nitrogens with zero attached hydrogens (tertiary/aromatic N) is 4. The van der Waals surface area contributed by atoms with Gasteiger partial charge in [0.2, 0.25) is 0 Å². The zero-order valence-electron chi connectivity index (χ0n) is 15.1. The lowest BCUT2D eigenvalue weighted by molar-refractivity contribution is -0.138. The molecule has 1 atom stereocenters. The van der Waals surface area contributed by atoms with E-state index in [-0.39, 0.29) is 16.4 Å². The van der Waals surface area contributed by atoms with E-state index < -0.39 is 35.3 Å². The normalized spacial score (nSPS) is 12.3. The minimum atomic E-state index is -4.80. The molecule has 0 aromatic carbocycles. The number of carbonyl (C=O) groups excluding carboxylic acids is 2. The number of nitrogens with one attached hydrogen (secondary N) is 2. The molecular weight excluding hydrogens is 425 g/mol. The predicted molar refractivity (Wildman–Crippen MR) is 98.9 cm³/mol. The van der Waals surface area contributed by atoms with Crippen LogP contribution in [0.2, 0.25) is 0 Å². The Bertz CT molecular complexity index is 1070. The average Bonchev–Trinajstić information content (AvgIpc) is 3.20. The number of thiazole rings is 1. The van der Waals surface area contributed by atoms with Gasteiger partial charge in [0.1, 0.15) is 39.0 Å². The van der Waals surface area contributed by atoms with Gasteiger partial charge in [-0.05, 0) is 19.1 Å². The summed E-state index contributed by atoms with van der Waals surface area (Å²) in [5.74, 6) is -2.63. The van der Waals surface area contributed by atoms with Crippen molar-refractivity contribution in [3.05, 3.63) is 58.2 Å². The first-order chi connectivity index (χ1) is 14.1. The molecule has 3 aromatic heterocycles. The largest absolute Gasteiger partial charge is 0.506 e. The molecule has 0 radical (unpaired) electrons. The third-order valence-corrected chi connectivity index (χ3v) is 4.89. The van der Waals surface area contributed by atoms with E-state index in [1.807, 2.05) is 0 Å². The monoisotopic (exact) mass is 438 g/mol. The van der Waals surface area contributed by atoms with Crippen molar-refractivity contribution in [3.63, 3.8) is 0 Å². The summed E-state index contributed by atoms with van der Waals surface area (Å²) < 4.78 is 38.6. The fourth-order valence-electron chi connectivity index (χ4n) is 2.27. The summed E-state index contributed by atoms with van der Waals surface area (Å²) in [4.78, 5) is 39.7. The summed E-state index contributed by atoms with van der Waals surface area (Å²) in [6, 6.07) is 1.41. The molecular formula is C17H13F3N6O3S. The van der Waals surface area contributed by atoms with E-state index in [9.17, 15) is 27.9 Å². The van der Waals surface area contributed by atoms with Crippen molar-refractivity contribution in [1.82, 2.24) is 25.3 Å². The molecule has 2 amide bonds. The quantitative estimate of drug-likeness (QED) is 0.558. The molecule has 0 spiro atoms. The molecule has 3 N–H and O–H groups in total. The number of anilines is 1. The molecule has 13 heteroatoms. The number of carbonyl (C=O) groups is 2. The second kappa shape index (κ2) is 8.41. The number of hydrogen-bond acceptors (Lipinski definition) is 8. The Morgan fingerprint density at radius 1 is 1.17 bits per heavy atom. The second-order valence-electron chi connectivity index (χ2n) is 5.89. The molecule has 3 heterocycles. The van der Waals surface area contributed by atoms with E-state index in [0.29, 0.717) is 17.3 Å². The van der Waals surface area contributed by atoms with E-state index in [2.05, 4.69) is 30.6 Å². The highest BCUT2D eigenvalue weighted by atomic mass is 32.1. The third-order valence-electron chi connectivity index (χ3n) is 3.71. The van der Waals surface area contributed by atoms with Crippen LogP contribution in [-0.2, 0) is 6.18 Å². The predicted octanol–water partition coefficient (Wildman–Crippen LogP) is 2.80. The van der Waals surface area contributed by atoms with Crippen molar-refractivity contribution >= 4 is 29.0 Å². The molecule has 0 aliphatic heterocycles. The van der Waals surface area contributed by atoms with E-state index >= 15 is 0 Å². The highest BCUT2D eigenvalue weighted by molar-refractivity contribution is 7.13. The van der Waals surface area contributed by atoms with Crippen LogP contribution in [0.4, 0.5) is 19.0 Å². The van der Waals surface area contributed by atoms with Gasteiger partial charge in [0.05, 0.1) is 18.4 Å². The van der Waals surface area contributed by atoms with Crippen molar-refractivity contribution < 1.29 is 27.9 Å². The lowest BCUT2D eigenvalue weighted by Gasteiger charge is -2.11. The zero-order valence-corrected chi connectivity index (χ0v) is 16.0. The van der Waals surface area contributed by atoms with E-state index in [4.69, 9.17) is 0 Å². The minimum Gasteiger partial charge on any atom is -0.506 e. The van der Waals surface area contributed by atoms with Gasteiger partial charge in [-0.1, -0.05) is 0 Å². The van der Waals surface area contributed by atoms with Gasteiger partial charge >= 0.3 is 6.18 Å². The van der Waals surface area contributed by atoms with Crippen molar-refractivity contribution in [1.29, 1.82) is 0 Å². The molecule has 0 aliphatic rings. The highest BCUT2D eigenvalue weighted by Gasteiger charge is 2.34. The molecule has 1 unspecified atom stereocenters. The highest BCUT2D eigenvalue weighted by Crippen LogP contribution is 2.36. The van der Waals surface area contributed by atoms with Gasteiger partial charge in [0.25, 0.3) is 11.8 Å². The van der Waals surface area contributed by atoms with Gasteiger partial charge in [-0.15, -0.1) is 11.3 Å². The molecule has 30 heavy (non-hydrogen) atoms. The molecule has 0 fully saturated rings. The summed E-state index contributed by atoms with van der Waals surface area (Å²) in [6.07, 6.45) is -0.330. The summed E-state index contributed by atoms with van der Waals surface area (Å²) in [5.41, 5.74) is -1.16. The number of aromatic hydroxyl groups is 1. The van der Waals surface area contributed by atoms with Gasteiger partial charge < -0.3 is 15.7 Å². The number of aromatic nitrogens is 4. The van der Waals surface area contributed by atoms with E-state index in [1.165, 1.54) is 24.8 Å². The van der Waals surface area contributed by atoms with Crippen LogP contribution in [0.15, 0.2) is 37.1 Å². The summed E-state index contributed by atoms with van der Waals surface area (Å²) in [7, 11) is 0. The number of rotatable bonds is 5. The average molecular weight is 438 g/mol. The number of alkyl halides is 3. The molecule has 0 aliphatic carbocycles. The molecule has 9 nitrogen and oxygen atoms in total. The van der Waals surface area contributed by atoms with Gasteiger partial charge in [0.15, 0.2) is 0 Å². The maximum atomic E-state index is 12.9. The number of amides is 2. The van der Waals surface area contributed by atoms with Crippen LogP contribution in [0.3, 0.4) is 0 Å². The van der Waals surface area contributed by atoms with E-state index in [0.717, 1.165) is 11.3 Å². The first-order valence-corrected chi connectivity index (χ1v) is 9.07. The Hall–Kier alpha value is -3.61. The van der Waals surface area contributed by atoms with Crippen molar-refractivity contribution in [2.75, 3.05) is 5.32 Å². The Balaban J connectivity index is 1.68. The third kappa shape index (κ3) is 4.86. The first-order valence-electron chi connectivity index (χ1n) is 8.25. The fourth-order valence-corrected chi connectivity index (χ4v) is 3.09. The Labute approximate surface area is 171 Å². The lowest BCUT2D eigenvalue weighted by atomic mass is 10.2. The first kappa shape index (κ1) is 21.1. The molecule has 0 saturated heterocycles. The van der Waals surface area contributed by atoms with Crippen LogP contribution in [0, 0.1) is 0 Å². The van der Waals surface area contributed by atoms with Crippen LogP contribution in [0.1, 0.15) is 43.7 Å². The maximum absolute atomic E-state index is 12.9. The Kier molecular flexibility index (Phi) is 5.91. The zero-order chi connectivity index (χ0) is 21.9. The standard InChI is InChI=1S/C17H13F3N6O3S/c1-8(25-14(28)10-2-3-21-7-24-10)16-23-6-12(30-16)15(29)26-13-4-9(17(18,19)20)11(27)5-22-13/h2-8,27H,1H3,(H,25,28)(H,22,26,29). The van der Waals surface area contributed by atoms with Crippen molar-refractivity contribution in [3.8, 4) is 5.75 Å². The van der Waals surface area contributed by atoms with Crippen LogP contribution in [0.5, 0.6) is 5.75 Å². The van der Waals surface area contributed by atoms with Crippen LogP contribution >= 0.6 is 11.3 Å². The van der Waals surface area contributed by atoms with Crippen molar-refractivity contribution in [2.45, 2.75) is 19.1 Å². The second-order valence-corrected chi connectivity index (χ2v) is 6.95. The van der Waals surface area contributed by atoms with Gasteiger partial charge in [-0.2, -0.15) is 13.2 Å². The summed E-state index contributed by atoms with van der Waals surface area (Å²) >= 11 is 0.948. The number of hydrogen-bond donors (Lipinski definition) is 3. The summed E-state index contributed by atoms with van der Waals surface area (Å²) in [6.45, 7) is 1.65. The molecule has 156 valence electrons. The molecule has 3 aromatic rings. The molecule has 0 bridgehead atoms. The molecule has 0 saturated carbocycles. The number of pyridine rings is 1. The van der Waals surface area contributed by atoms with Gasteiger partial charge in [-0.3, -0.25) is 9.59 Å². The van der Waals surface area contributed by atoms with Crippen LogP contribution < -0.4 is 10.6 Å². The van der Waals surface area contributed by atoms with Crippen LogP contribution in [-0.4, -0.2) is 36.9 Å². The maximum Gasteiger partial charge on any atom is 0.420 e. The lowest BCUT2D eigenvalue weighted by Crippen LogP contribution is -2.27. The Morgan fingerprint density at radius 2 is 1.93 bits per heavy atom. The fraction of sp³-hybridized carbons (Fsp3) is 0.176. The topological polar surface area (TPSA) is 130 Å². The minimum absolute atomic E-state index is 0.0940. The van der Waals surface area contributed by atoms with Crippen molar-refractivity contribution in [2.24, 2.45) is 0 Å².